The van der Waals surface area contributed by atoms with E-state index < -0.39 is 29.8 Å². The molecule has 172 valence electrons. The Hall–Kier alpha value is -4.14. The standard InChI is InChI=1S/C25H21N3O6/c1-32-16-7-4-14(5-8-16)23(29)22-21-20(17-3-2-10-26-28(17)22)24(30)27(25(21)31)15-6-9-18-19(13-15)34-12-11-33-18/h2-10,13,17,20-22H,11-12H2,1H3/t17-,20-,21+,22-/m1/s1. The molecule has 2 fully saturated rings. The molecule has 2 aromatic carbocycles. The molecule has 2 saturated heterocycles. The predicted octanol–water partition coefficient (Wildman–Crippen LogP) is 2.06. The quantitative estimate of drug-likeness (QED) is 0.510. The first-order valence-corrected chi connectivity index (χ1v) is 11.0. The zero-order chi connectivity index (χ0) is 23.4. The Balaban J connectivity index is 1.38. The first-order chi connectivity index (χ1) is 16.6. The fourth-order valence-corrected chi connectivity index (χ4v) is 5.19. The van der Waals surface area contributed by atoms with E-state index in [-0.39, 0.29) is 11.7 Å². The third kappa shape index (κ3) is 2.93. The normalized spacial score (nSPS) is 26.5. The Morgan fingerprint density at radius 2 is 1.74 bits per heavy atom. The number of amides is 2. The van der Waals surface area contributed by atoms with Gasteiger partial charge in [-0.05, 0) is 42.5 Å². The van der Waals surface area contributed by atoms with Crippen molar-refractivity contribution in [1.82, 2.24) is 5.01 Å². The van der Waals surface area contributed by atoms with Crippen molar-refractivity contribution in [2.45, 2.75) is 12.1 Å². The van der Waals surface area contributed by atoms with Crippen LogP contribution in [-0.2, 0) is 9.59 Å². The number of nitrogens with zero attached hydrogens (tertiary/aromatic N) is 3. The summed E-state index contributed by atoms with van der Waals surface area (Å²) in [6, 6.07) is 10.3. The summed E-state index contributed by atoms with van der Waals surface area (Å²) in [5, 5.41) is 5.97. The number of methoxy groups -OCH3 is 1. The topological polar surface area (TPSA) is 97.7 Å². The average molecular weight is 459 g/mol. The van der Waals surface area contributed by atoms with Gasteiger partial charge in [-0.1, -0.05) is 6.08 Å². The Kier molecular flexibility index (Phi) is 4.65. The van der Waals surface area contributed by atoms with E-state index in [1.807, 2.05) is 6.08 Å². The molecule has 0 N–H and O–H groups in total. The second-order valence-electron chi connectivity index (χ2n) is 8.45. The van der Waals surface area contributed by atoms with Crippen molar-refractivity contribution in [3.8, 4) is 17.2 Å². The summed E-state index contributed by atoms with van der Waals surface area (Å²) in [6.45, 7) is 0.833. The number of hydrazone groups is 1. The first kappa shape index (κ1) is 20.5. The van der Waals surface area contributed by atoms with Crippen molar-refractivity contribution in [3.63, 3.8) is 0 Å². The van der Waals surface area contributed by atoms with Gasteiger partial charge in [0.1, 0.15) is 25.0 Å². The molecule has 0 unspecified atom stereocenters. The Bertz CT molecular complexity index is 1250. The third-order valence-corrected chi connectivity index (χ3v) is 6.72. The summed E-state index contributed by atoms with van der Waals surface area (Å²) in [5.41, 5.74) is 0.826. The van der Waals surface area contributed by atoms with Gasteiger partial charge < -0.3 is 14.2 Å². The van der Waals surface area contributed by atoms with Gasteiger partial charge in [0.2, 0.25) is 11.8 Å². The van der Waals surface area contributed by atoms with E-state index in [2.05, 4.69) is 5.10 Å². The maximum Gasteiger partial charge on any atom is 0.240 e. The van der Waals surface area contributed by atoms with Crippen molar-refractivity contribution in [3.05, 3.63) is 60.2 Å². The molecule has 4 aliphatic heterocycles. The number of carbonyl (C=O) groups is 3. The molecule has 9 heteroatoms. The molecule has 2 amide bonds. The molecule has 6 rings (SSSR count). The maximum absolute atomic E-state index is 13.7. The van der Waals surface area contributed by atoms with Crippen LogP contribution in [0.25, 0.3) is 0 Å². The van der Waals surface area contributed by atoms with Crippen LogP contribution in [-0.4, -0.2) is 61.2 Å². The van der Waals surface area contributed by atoms with Crippen molar-refractivity contribution in [1.29, 1.82) is 0 Å². The molecule has 0 aromatic heterocycles. The van der Waals surface area contributed by atoms with E-state index in [1.165, 1.54) is 4.90 Å². The smallest absolute Gasteiger partial charge is 0.240 e. The molecule has 9 nitrogen and oxygen atoms in total. The molecule has 4 heterocycles. The van der Waals surface area contributed by atoms with Crippen LogP contribution >= 0.6 is 0 Å². The number of hydrogen-bond donors (Lipinski definition) is 0. The van der Waals surface area contributed by atoms with E-state index in [4.69, 9.17) is 14.2 Å². The SMILES string of the molecule is COc1ccc(C(=O)[C@H]2[C@H]3C(=O)N(c4ccc5c(c4)OCCO5)C(=O)[C@@H]3[C@H]3C=CC=NN32)cc1. The monoisotopic (exact) mass is 459 g/mol. The summed E-state index contributed by atoms with van der Waals surface area (Å²) in [6.07, 6.45) is 5.13. The lowest BCUT2D eigenvalue weighted by atomic mass is 9.86. The molecule has 0 bridgehead atoms. The lowest BCUT2D eigenvalue weighted by molar-refractivity contribution is -0.123. The van der Waals surface area contributed by atoms with Crippen molar-refractivity contribution >= 4 is 29.5 Å². The minimum Gasteiger partial charge on any atom is -0.497 e. The highest BCUT2D eigenvalue weighted by Crippen LogP contribution is 2.47. The van der Waals surface area contributed by atoms with Crippen LogP contribution in [0.3, 0.4) is 0 Å². The molecule has 0 saturated carbocycles. The second kappa shape index (κ2) is 7.72. The fraction of sp³-hybridized carbons (Fsp3) is 0.280. The van der Waals surface area contributed by atoms with Gasteiger partial charge in [-0.3, -0.25) is 19.4 Å². The van der Waals surface area contributed by atoms with Crippen molar-refractivity contribution < 1.29 is 28.6 Å². The lowest BCUT2D eigenvalue weighted by Gasteiger charge is -2.30. The number of imide groups is 1. The van der Waals surface area contributed by atoms with E-state index in [0.717, 1.165) is 0 Å². The highest BCUT2D eigenvalue weighted by Gasteiger charge is 2.64. The average Bonchev–Trinajstić information content (AvgIpc) is 3.35. The fourth-order valence-electron chi connectivity index (χ4n) is 5.19. The summed E-state index contributed by atoms with van der Waals surface area (Å²) in [5.74, 6) is -0.951. The van der Waals surface area contributed by atoms with Crippen LogP contribution in [0.15, 0.2) is 59.7 Å². The Morgan fingerprint density at radius 3 is 2.50 bits per heavy atom. The number of carbonyl (C=O) groups excluding carboxylic acids is 3. The number of rotatable bonds is 4. The third-order valence-electron chi connectivity index (χ3n) is 6.72. The summed E-state index contributed by atoms with van der Waals surface area (Å²) in [7, 11) is 1.55. The van der Waals surface area contributed by atoms with Gasteiger partial charge in [0, 0.05) is 17.8 Å². The molecule has 4 atom stereocenters. The van der Waals surface area contributed by atoms with Gasteiger partial charge in [0.15, 0.2) is 17.3 Å². The molecule has 0 radical (unpaired) electrons. The minimum atomic E-state index is -0.900. The van der Waals surface area contributed by atoms with Gasteiger partial charge in [0.25, 0.3) is 0 Å². The minimum absolute atomic E-state index is 0.266. The number of fused-ring (bicyclic) bond motifs is 4. The highest BCUT2D eigenvalue weighted by atomic mass is 16.6. The van der Waals surface area contributed by atoms with Gasteiger partial charge in [-0.2, -0.15) is 5.10 Å². The van der Waals surface area contributed by atoms with Crippen LogP contribution in [0.1, 0.15) is 10.4 Å². The van der Waals surface area contributed by atoms with Crippen LogP contribution < -0.4 is 19.1 Å². The van der Waals surface area contributed by atoms with E-state index >= 15 is 0 Å². The number of hydrogen-bond acceptors (Lipinski definition) is 8. The zero-order valence-corrected chi connectivity index (χ0v) is 18.3. The molecular formula is C25H21N3O6. The van der Waals surface area contributed by atoms with Crippen molar-refractivity contribution in [2.24, 2.45) is 16.9 Å². The second-order valence-corrected chi connectivity index (χ2v) is 8.45. The van der Waals surface area contributed by atoms with Gasteiger partial charge in [-0.15, -0.1) is 0 Å². The number of anilines is 1. The van der Waals surface area contributed by atoms with E-state index in [1.54, 1.807) is 66.9 Å². The summed E-state index contributed by atoms with van der Waals surface area (Å²) >= 11 is 0. The zero-order valence-electron chi connectivity index (χ0n) is 18.3. The number of ketones is 1. The van der Waals surface area contributed by atoms with Crippen LogP contribution in [0.4, 0.5) is 5.69 Å². The number of benzene rings is 2. The maximum atomic E-state index is 13.7. The molecule has 0 aliphatic carbocycles. The highest BCUT2D eigenvalue weighted by molar-refractivity contribution is 6.24. The lowest BCUT2D eigenvalue weighted by Crippen LogP contribution is -2.46. The van der Waals surface area contributed by atoms with Gasteiger partial charge in [0.05, 0.1) is 30.7 Å². The summed E-state index contributed by atoms with van der Waals surface area (Å²) < 4.78 is 16.4. The van der Waals surface area contributed by atoms with Crippen LogP contribution in [0.2, 0.25) is 0 Å². The molecule has 4 aliphatic rings. The van der Waals surface area contributed by atoms with Gasteiger partial charge >= 0.3 is 0 Å². The number of Topliss-reactive ketones (excluding diaryl/α,β-unsaturated/α-hetero) is 1. The van der Waals surface area contributed by atoms with Crippen LogP contribution in [0.5, 0.6) is 17.2 Å². The predicted molar refractivity (Wildman–Crippen MR) is 121 cm³/mol. The van der Waals surface area contributed by atoms with Crippen molar-refractivity contribution in [2.75, 3.05) is 25.2 Å². The van der Waals surface area contributed by atoms with Crippen LogP contribution in [0, 0.1) is 11.8 Å². The van der Waals surface area contributed by atoms with Gasteiger partial charge in [-0.25, -0.2) is 4.90 Å². The molecule has 0 spiro atoms. The first-order valence-electron chi connectivity index (χ1n) is 11.0. The Labute approximate surface area is 195 Å². The largest absolute Gasteiger partial charge is 0.497 e. The van der Waals surface area contributed by atoms with E-state index in [0.29, 0.717) is 41.7 Å². The number of allylic oxidation sites excluding steroid dienone is 1. The number of ether oxygens (including phenoxy) is 3. The molecular weight excluding hydrogens is 438 g/mol. The van der Waals surface area contributed by atoms with E-state index in [9.17, 15) is 14.4 Å². The molecule has 2 aromatic rings. The molecule has 34 heavy (non-hydrogen) atoms. The Morgan fingerprint density at radius 1 is 1.00 bits per heavy atom. The summed E-state index contributed by atoms with van der Waals surface area (Å²) in [4.78, 5) is 42.1.